The Morgan fingerprint density at radius 1 is 1.14 bits per heavy atom. The minimum atomic E-state index is -4.55. The van der Waals surface area contributed by atoms with E-state index in [-0.39, 0.29) is 18.7 Å². The van der Waals surface area contributed by atoms with Crippen LogP contribution >= 0.6 is 0 Å². The summed E-state index contributed by atoms with van der Waals surface area (Å²) in [6, 6.07) is 3.90. The molecule has 8 heteroatoms. The van der Waals surface area contributed by atoms with Crippen LogP contribution in [0, 0.1) is 0 Å². The third-order valence-corrected chi connectivity index (χ3v) is 2.58. The Balaban J connectivity index is 2.47. The van der Waals surface area contributed by atoms with Gasteiger partial charge in [0.05, 0.1) is 11.3 Å². The SMILES string of the molecule is O=C(O)CCCCNC(=O)Nc1ccccc1C(F)(F)F. The molecule has 0 spiro atoms. The van der Waals surface area contributed by atoms with Crippen molar-refractivity contribution in [2.45, 2.75) is 25.4 Å². The molecule has 0 aliphatic carbocycles. The van der Waals surface area contributed by atoms with E-state index in [4.69, 9.17) is 5.11 Å². The van der Waals surface area contributed by atoms with Gasteiger partial charge in [0, 0.05) is 13.0 Å². The highest BCUT2D eigenvalue weighted by Gasteiger charge is 2.33. The molecule has 0 unspecified atom stereocenters. The monoisotopic (exact) mass is 304 g/mol. The van der Waals surface area contributed by atoms with Crippen LogP contribution in [0.25, 0.3) is 0 Å². The van der Waals surface area contributed by atoms with Crippen LogP contribution in [0.4, 0.5) is 23.7 Å². The highest BCUT2D eigenvalue weighted by atomic mass is 19.4. The van der Waals surface area contributed by atoms with Gasteiger partial charge in [-0.05, 0) is 25.0 Å². The number of unbranched alkanes of at least 4 members (excludes halogenated alkanes) is 1. The number of hydrogen-bond acceptors (Lipinski definition) is 2. The van der Waals surface area contributed by atoms with Crippen LogP contribution in [0.1, 0.15) is 24.8 Å². The molecule has 1 rings (SSSR count). The number of carbonyl (C=O) groups is 2. The molecule has 116 valence electrons. The molecule has 2 amide bonds. The average Bonchev–Trinajstić information content (AvgIpc) is 2.37. The van der Waals surface area contributed by atoms with Crippen molar-refractivity contribution >= 4 is 17.7 Å². The molecule has 0 atom stereocenters. The lowest BCUT2D eigenvalue weighted by atomic mass is 10.1. The van der Waals surface area contributed by atoms with Crippen LogP contribution in [0.5, 0.6) is 0 Å². The molecule has 0 bridgehead atoms. The quantitative estimate of drug-likeness (QED) is 0.707. The second-order valence-corrected chi connectivity index (χ2v) is 4.28. The maximum Gasteiger partial charge on any atom is 0.418 e. The molecule has 0 radical (unpaired) electrons. The third-order valence-electron chi connectivity index (χ3n) is 2.58. The third kappa shape index (κ3) is 6.15. The molecule has 3 N–H and O–H groups in total. The van der Waals surface area contributed by atoms with Gasteiger partial charge in [-0.25, -0.2) is 4.79 Å². The number of amides is 2. The van der Waals surface area contributed by atoms with Gasteiger partial charge in [-0.2, -0.15) is 13.2 Å². The first-order chi connectivity index (χ1) is 9.80. The second-order valence-electron chi connectivity index (χ2n) is 4.28. The lowest BCUT2D eigenvalue weighted by molar-refractivity contribution is -0.137. The number of nitrogens with one attached hydrogen (secondary N) is 2. The first-order valence-electron chi connectivity index (χ1n) is 6.23. The summed E-state index contributed by atoms with van der Waals surface area (Å²) in [5.74, 6) is -0.932. The van der Waals surface area contributed by atoms with E-state index in [2.05, 4.69) is 10.6 Å². The van der Waals surface area contributed by atoms with Crippen LogP contribution in [-0.4, -0.2) is 23.7 Å². The number of benzene rings is 1. The normalized spacial score (nSPS) is 11.0. The molecule has 0 aromatic heterocycles. The molecule has 1 aromatic rings. The number of carboxylic acids is 1. The highest BCUT2D eigenvalue weighted by molar-refractivity contribution is 5.90. The van der Waals surface area contributed by atoms with E-state index in [9.17, 15) is 22.8 Å². The molecule has 0 heterocycles. The maximum absolute atomic E-state index is 12.7. The van der Waals surface area contributed by atoms with Crippen molar-refractivity contribution in [3.05, 3.63) is 29.8 Å². The van der Waals surface area contributed by atoms with Crippen LogP contribution in [-0.2, 0) is 11.0 Å². The maximum atomic E-state index is 12.7. The minimum absolute atomic E-state index is 0.0137. The molecule has 0 fully saturated rings. The van der Waals surface area contributed by atoms with Crippen LogP contribution in [0.3, 0.4) is 0 Å². The van der Waals surface area contributed by atoms with E-state index in [1.165, 1.54) is 12.1 Å². The van der Waals surface area contributed by atoms with E-state index < -0.39 is 23.7 Å². The lowest BCUT2D eigenvalue weighted by Crippen LogP contribution is -2.30. The number of hydrogen-bond donors (Lipinski definition) is 3. The largest absolute Gasteiger partial charge is 0.481 e. The van der Waals surface area contributed by atoms with E-state index in [1.807, 2.05) is 0 Å². The standard InChI is InChI=1S/C13H15F3N2O3/c14-13(15,16)9-5-1-2-6-10(9)18-12(21)17-8-4-3-7-11(19)20/h1-2,5-6H,3-4,7-8H2,(H,19,20)(H2,17,18,21). The number of alkyl halides is 3. The number of urea groups is 1. The summed E-state index contributed by atoms with van der Waals surface area (Å²) in [5, 5.41) is 12.9. The van der Waals surface area contributed by atoms with Crippen molar-refractivity contribution < 1.29 is 27.9 Å². The molecule has 5 nitrogen and oxygen atoms in total. The van der Waals surface area contributed by atoms with Gasteiger partial charge in [-0.3, -0.25) is 4.79 Å². The van der Waals surface area contributed by atoms with Gasteiger partial charge in [0.25, 0.3) is 0 Å². The Bertz CT molecular complexity index is 504. The number of carbonyl (C=O) groups excluding carboxylic acids is 1. The number of carboxylic acid groups (broad SMARTS) is 1. The second kappa shape index (κ2) is 7.51. The fourth-order valence-corrected chi connectivity index (χ4v) is 1.61. The van der Waals surface area contributed by atoms with Gasteiger partial charge in [-0.1, -0.05) is 12.1 Å². The molecular weight excluding hydrogens is 289 g/mol. The minimum Gasteiger partial charge on any atom is -0.481 e. The Labute approximate surface area is 119 Å². The zero-order valence-corrected chi connectivity index (χ0v) is 11.0. The number of rotatable bonds is 6. The summed E-state index contributed by atoms with van der Waals surface area (Å²) >= 11 is 0. The summed E-state index contributed by atoms with van der Waals surface area (Å²) in [7, 11) is 0. The van der Waals surface area contributed by atoms with Crippen molar-refractivity contribution in [3.63, 3.8) is 0 Å². The van der Waals surface area contributed by atoms with Gasteiger partial charge in [0.2, 0.25) is 0 Å². The van der Waals surface area contributed by atoms with Crippen molar-refractivity contribution in [1.29, 1.82) is 0 Å². The van der Waals surface area contributed by atoms with Gasteiger partial charge in [0.1, 0.15) is 0 Å². The van der Waals surface area contributed by atoms with Crippen LogP contribution in [0.15, 0.2) is 24.3 Å². The number of aliphatic carboxylic acids is 1. The van der Waals surface area contributed by atoms with Crippen molar-refractivity contribution in [2.24, 2.45) is 0 Å². The van der Waals surface area contributed by atoms with Gasteiger partial charge < -0.3 is 15.7 Å². The lowest BCUT2D eigenvalue weighted by Gasteiger charge is -2.13. The van der Waals surface area contributed by atoms with Gasteiger partial charge >= 0.3 is 18.2 Å². The average molecular weight is 304 g/mol. The summed E-state index contributed by atoms with van der Waals surface area (Å²) in [5.41, 5.74) is -1.25. The topological polar surface area (TPSA) is 78.4 Å². The Morgan fingerprint density at radius 3 is 2.43 bits per heavy atom. The van der Waals surface area contributed by atoms with Crippen molar-refractivity contribution in [1.82, 2.24) is 5.32 Å². The molecule has 0 aliphatic rings. The van der Waals surface area contributed by atoms with Crippen molar-refractivity contribution in [3.8, 4) is 0 Å². The number of para-hydroxylation sites is 1. The zero-order valence-electron chi connectivity index (χ0n) is 11.0. The summed E-state index contributed by atoms with van der Waals surface area (Å²) in [6.07, 6.45) is -3.75. The zero-order chi connectivity index (χ0) is 15.9. The fourth-order valence-electron chi connectivity index (χ4n) is 1.61. The number of anilines is 1. The molecule has 21 heavy (non-hydrogen) atoms. The Kier molecular flexibility index (Phi) is 6.01. The van der Waals surface area contributed by atoms with Crippen LogP contribution in [0.2, 0.25) is 0 Å². The van der Waals surface area contributed by atoms with E-state index in [1.54, 1.807) is 0 Å². The predicted molar refractivity (Wildman–Crippen MR) is 70.0 cm³/mol. The van der Waals surface area contributed by atoms with Gasteiger partial charge in [0.15, 0.2) is 0 Å². The molecule has 0 saturated carbocycles. The smallest absolute Gasteiger partial charge is 0.418 e. The van der Waals surface area contributed by atoms with E-state index >= 15 is 0 Å². The van der Waals surface area contributed by atoms with Crippen LogP contribution < -0.4 is 10.6 Å². The molecule has 1 aromatic carbocycles. The number of halogens is 3. The Hall–Kier alpha value is -2.25. The first-order valence-corrected chi connectivity index (χ1v) is 6.23. The Morgan fingerprint density at radius 2 is 1.81 bits per heavy atom. The first kappa shape index (κ1) is 16.8. The predicted octanol–water partition coefficient (Wildman–Crippen LogP) is 3.08. The fraction of sp³-hybridized carbons (Fsp3) is 0.385. The van der Waals surface area contributed by atoms with E-state index in [0.717, 1.165) is 12.1 Å². The summed E-state index contributed by atoms with van der Waals surface area (Å²) in [4.78, 5) is 21.7. The van der Waals surface area contributed by atoms with E-state index in [0.29, 0.717) is 12.8 Å². The summed E-state index contributed by atoms with van der Waals surface area (Å²) < 4.78 is 38.1. The molecule has 0 saturated heterocycles. The summed E-state index contributed by atoms with van der Waals surface area (Å²) in [6.45, 7) is 0.188. The van der Waals surface area contributed by atoms with Crippen molar-refractivity contribution in [2.75, 3.05) is 11.9 Å². The molecule has 0 aliphatic heterocycles. The molecular formula is C13H15F3N2O3. The highest BCUT2D eigenvalue weighted by Crippen LogP contribution is 2.34. The van der Waals surface area contributed by atoms with Gasteiger partial charge in [-0.15, -0.1) is 0 Å².